The van der Waals surface area contributed by atoms with E-state index in [2.05, 4.69) is 54.5 Å². The third-order valence-electron chi connectivity index (χ3n) is 14.6. The van der Waals surface area contributed by atoms with E-state index in [4.69, 9.17) is 9.47 Å². The lowest BCUT2D eigenvalue weighted by molar-refractivity contribution is -0.210. The van der Waals surface area contributed by atoms with E-state index in [0.29, 0.717) is 38.0 Å². The number of hydrogen-bond acceptors (Lipinski definition) is 5. The Hall–Kier alpha value is -1.69. The normalized spacial score (nSPS) is 48.1. The number of carbonyl (C=O) groups is 3. The predicted molar refractivity (Wildman–Crippen MR) is 162 cm³/mol. The fourth-order valence-corrected chi connectivity index (χ4v) is 11.9. The first-order valence-corrected chi connectivity index (χ1v) is 16.8. The Kier molecular flexibility index (Phi) is 6.97. The van der Waals surface area contributed by atoms with Crippen LogP contribution in [0.4, 0.5) is 0 Å². The minimum atomic E-state index is -0.399. The molecule has 1 heterocycles. The van der Waals surface area contributed by atoms with Crippen molar-refractivity contribution in [2.75, 3.05) is 26.3 Å². The molecule has 6 heteroatoms. The molecule has 0 spiro atoms. The third kappa shape index (κ3) is 4.08. The molecule has 234 valence electrons. The van der Waals surface area contributed by atoms with Crippen molar-refractivity contribution in [2.24, 2.45) is 50.2 Å². The zero-order chi connectivity index (χ0) is 30.5. The lowest BCUT2D eigenvalue weighted by atomic mass is 9.33. The standard InChI is InChI=1S/C36H55NO5/c1-23(38)42-28-10-11-34(6)27(31(28,2)3)9-12-36(8)29(34)26(39)21-24-25-22-33(5,30(40)37-17-19-41-20-18-37)14-13-32(25,4)15-16-35(24,36)7/h21,25,27-29H,9-20,22H2,1-8H3/t25-,27-,28+,29-,32-,33+,34+,35+,36-/m1/s1. The zero-order valence-corrected chi connectivity index (χ0v) is 27.6. The van der Waals surface area contributed by atoms with Gasteiger partial charge in [-0.1, -0.05) is 54.0 Å². The summed E-state index contributed by atoms with van der Waals surface area (Å²) in [7, 11) is 0. The van der Waals surface area contributed by atoms with Crippen LogP contribution in [0.1, 0.15) is 113 Å². The van der Waals surface area contributed by atoms with E-state index >= 15 is 0 Å². The van der Waals surface area contributed by atoms with Crippen LogP contribution in [0, 0.1) is 50.2 Å². The fraction of sp³-hybridized carbons (Fsp3) is 0.861. The molecule has 1 aliphatic heterocycles. The molecule has 0 unspecified atom stereocenters. The van der Waals surface area contributed by atoms with Crippen molar-refractivity contribution >= 4 is 17.7 Å². The minimum Gasteiger partial charge on any atom is -0.462 e. The highest BCUT2D eigenvalue weighted by Crippen LogP contribution is 2.75. The highest BCUT2D eigenvalue weighted by molar-refractivity contribution is 5.95. The Morgan fingerprint density at radius 3 is 2.24 bits per heavy atom. The molecule has 4 saturated carbocycles. The summed E-state index contributed by atoms with van der Waals surface area (Å²) >= 11 is 0. The molecular weight excluding hydrogens is 526 g/mol. The van der Waals surface area contributed by atoms with Gasteiger partial charge in [0.15, 0.2) is 5.78 Å². The van der Waals surface area contributed by atoms with E-state index in [1.54, 1.807) is 0 Å². The van der Waals surface area contributed by atoms with Gasteiger partial charge in [0, 0.05) is 36.8 Å². The van der Waals surface area contributed by atoms with E-state index in [9.17, 15) is 14.4 Å². The first kappa shape index (κ1) is 30.3. The summed E-state index contributed by atoms with van der Waals surface area (Å²) in [6.45, 7) is 20.6. The number of allylic oxidation sites excluding steroid dienone is 2. The van der Waals surface area contributed by atoms with E-state index in [1.165, 1.54) is 12.5 Å². The van der Waals surface area contributed by atoms with Crippen LogP contribution < -0.4 is 0 Å². The molecule has 0 aromatic carbocycles. The molecule has 42 heavy (non-hydrogen) atoms. The Labute approximate surface area is 253 Å². The second kappa shape index (κ2) is 9.65. The van der Waals surface area contributed by atoms with Gasteiger partial charge in [-0.2, -0.15) is 0 Å². The third-order valence-corrected chi connectivity index (χ3v) is 14.6. The van der Waals surface area contributed by atoms with Gasteiger partial charge in [0.05, 0.1) is 13.2 Å². The van der Waals surface area contributed by atoms with Crippen molar-refractivity contribution in [3.05, 3.63) is 11.6 Å². The minimum absolute atomic E-state index is 0.0376. The van der Waals surface area contributed by atoms with Crippen LogP contribution >= 0.6 is 0 Å². The van der Waals surface area contributed by atoms with Crippen molar-refractivity contribution in [3.8, 4) is 0 Å². The van der Waals surface area contributed by atoms with Gasteiger partial charge in [0.1, 0.15) is 6.10 Å². The van der Waals surface area contributed by atoms with Crippen LogP contribution in [-0.4, -0.2) is 55.0 Å². The Balaban J connectivity index is 1.36. The van der Waals surface area contributed by atoms with Crippen molar-refractivity contribution < 1.29 is 23.9 Å². The lowest BCUT2D eigenvalue weighted by Gasteiger charge is -2.70. The zero-order valence-electron chi connectivity index (χ0n) is 27.6. The molecule has 1 saturated heterocycles. The van der Waals surface area contributed by atoms with Gasteiger partial charge in [0.2, 0.25) is 5.91 Å². The number of nitrogens with zero attached hydrogens (tertiary/aromatic N) is 1. The largest absolute Gasteiger partial charge is 0.462 e. The first-order valence-electron chi connectivity index (χ1n) is 16.8. The monoisotopic (exact) mass is 581 g/mol. The number of hydrogen-bond donors (Lipinski definition) is 0. The first-order chi connectivity index (χ1) is 19.5. The number of fused-ring (bicyclic) bond motifs is 7. The van der Waals surface area contributed by atoms with Gasteiger partial charge in [-0.05, 0) is 97.4 Å². The highest BCUT2D eigenvalue weighted by Gasteiger charge is 2.70. The van der Waals surface area contributed by atoms with E-state index in [1.807, 2.05) is 4.90 Å². The SMILES string of the molecule is CC(=O)O[C@H]1CC[C@@]2(C)[C@H](CC[C@]3(C)[C@@H]2C(=O)C=C2[C@H]4C[C@@](C)(C(=O)N5CCOCC5)CC[C@]4(C)CC[C@@]23C)C1(C)C. The second-order valence-electron chi connectivity index (χ2n) is 17.1. The highest BCUT2D eigenvalue weighted by atomic mass is 16.5. The lowest BCUT2D eigenvalue weighted by Crippen LogP contribution is -2.67. The Morgan fingerprint density at radius 1 is 0.905 bits per heavy atom. The number of morpholine rings is 1. The molecule has 0 bridgehead atoms. The maximum absolute atomic E-state index is 14.6. The number of rotatable bonds is 2. The van der Waals surface area contributed by atoms with E-state index < -0.39 is 5.41 Å². The van der Waals surface area contributed by atoms with E-state index in [-0.39, 0.29) is 56.9 Å². The summed E-state index contributed by atoms with van der Waals surface area (Å²) in [4.78, 5) is 42.6. The number of ether oxygens (including phenoxy) is 2. The van der Waals surface area contributed by atoms with Gasteiger partial charge in [-0.15, -0.1) is 0 Å². The topological polar surface area (TPSA) is 72.9 Å². The smallest absolute Gasteiger partial charge is 0.302 e. The van der Waals surface area contributed by atoms with Crippen molar-refractivity contribution in [1.29, 1.82) is 0 Å². The van der Waals surface area contributed by atoms with Crippen LogP contribution in [0.5, 0.6) is 0 Å². The molecule has 9 atom stereocenters. The number of amides is 1. The molecule has 5 fully saturated rings. The molecule has 0 radical (unpaired) electrons. The van der Waals surface area contributed by atoms with Gasteiger partial charge in [-0.3, -0.25) is 14.4 Å². The van der Waals surface area contributed by atoms with Gasteiger partial charge >= 0.3 is 5.97 Å². The summed E-state index contributed by atoms with van der Waals surface area (Å²) in [5, 5.41) is 0. The number of ketones is 1. The molecular formula is C36H55NO5. The summed E-state index contributed by atoms with van der Waals surface area (Å²) < 4.78 is 11.4. The van der Waals surface area contributed by atoms with Gasteiger partial charge in [-0.25, -0.2) is 0 Å². The van der Waals surface area contributed by atoms with Crippen molar-refractivity contribution in [2.45, 2.75) is 119 Å². The van der Waals surface area contributed by atoms with E-state index in [0.717, 1.165) is 57.8 Å². The number of esters is 1. The van der Waals surface area contributed by atoms with Crippen LogP contribution in [0.3, 0.4) is 0 Å². The summed E-state index contributed by atoms with van der Waals surface area (Å²) in [5.41, 5.74) is 0.573. The molecule has 6 aliphatic rings. The maximum Gasteiger partial charge on any atom is 0.302 e. The Morgan fingerprint density at radius 2 is 1.57 bits per heavy atom. The molecule has 6 rings (SSSR count). The maximum atomic E-state index is 14.6. The van der Waals surface area contributed by atoms with Crippen LogP contribution in [0.25, 0.3) is 0 Å². The van der Waals surface area contributed by atoms with Crippen molar-refractivity contribution in [3.63, 3.8) is 0 Å². The fourth-order valence-electron chi connectivity index (χ4n) is 11.9. The second-order valence-corrected chi connectivity index (χ2v) is 17.1. The molecule has 6 nitrogen and oxygen atoms in total. The predicted octanol–water partition coefficient (Wildman–Crippen LogP) is 6.76. The molecule has 1 amide bonds. The van der Waals surface area contributed by atoms with Crippen LogP contribution in [0.2, 0.25) is 0 Å². The summed E-state index contributed by atoms with van der Waals surface area (Å²) in [6.07, 6.45) is 10.9. The van der Waals surface area contributed by atoms with Crippen molar-refractivity contribution in [1.82, 2.24) is 4.90 Å². The number of carbonyl (C=O) groups excluding carboxylic acids is 3. The Bertz CT molecular complexity index is 1200. The summed E-state index contributed by atoms with van der Waals surface area (Å²) in [6, 6.07) is 0. The van der Waals surface area contributed by atoms with Crippen LogP contribution in [0.15, 0.2) is 11.6 Å². The molecule has 5 aliphatic carbocycles. The average molecular weight is 582 g/mol. The molecule has 0 aromatic rings. The molecule has 0 N–H and O–H groups in total. The van der Waals surface area contributed by atoms with Gasteiger partial charge in [0.25, 0.3) is 0 Å². The summed E-state index contributed by atoms with van der Waals surface area (Å²) in [5.74, 6) is 0.930. The quantitative estimate of drug-likeness (QED) is 0.337. The van der Waals surface area contributed by atoms with Gasteiger partial charge < -0.3 is 14.4 Å². The molecule has 0 aromatic heterocycles. The average Bonchev–Trinajstić information content (AvgIpc) is 2.92. The van der Waals surface area contributed by atoms with Crippen LogP contribution in [-0.2, 0) is 23.9 Å².